The minimum absolute atomic E-state index is 0.277. The van der Waals surface area contributed by atoms with Gasteiger partial charge < -0.3 is 11.1 Å². The first-order valence-corrected chi connectivity index (χ1v) is 7.01. The van der Waals surface area contributed by atoms with E-state index in [-0.39, 0.29) is 5.91 Å². The summed E-state index contributed by atoms with van der Waals surface area (Å²) in [6.07, 6.45) is 0. The molecule has 1 rings (SSSR count). The molecule has 0 aromatic heterocycles. The Morgan fingerprint density at radius 2 is 1.89 bits per heavy atom. The maximum absolute atomic E-state index is 12.1. The van der Waals surface area contributed by atoms with Crippen molar-refractivity contribution in [3.8, 4) is 0 Å². The molecule has 0 spiro atoms. The summed E-state index contributed by atoms with van der Waals surface area (Å²) < 4.78 is 11.7. The number of hydrogen-bond acceptors (Lipinski definition) is 3. The molecule has 1 amide bonds. The van der Waals surface area contributed by atoms with Crippen LogP contribution in [-0.4, -0.2) is 20.1 Å². The highest BCUT2D eigenvalue weighted by Crippen LogP contribution is 2.20. The Bertz CT molecular complexity index is 466. The van der Waals surface area contributed by atoms with Gasteiger partial charge in [0.15, 0.2) is 0 Å². The fourth-order valence-corrected chi connectivity index (χ4v) is 2.79. The Labute approximate surface area is 110 Å². The van der Waals surface area contributed by atoms with Crippen molar-refractivity contribution in [2.75, 3.05) is 11.1 Å². The van der Waals surface area contributed by atoms with Crippen LogP contribution in [0.4, 0.5) is 11.4 Å². The number of benzene rings is 1. The molecular weight excluding hydrogens is 248 g/mol. The molecule has 2 atom stereocenters. The van der Waals surface area contributed by atoms with Crippen molar-refractivity contribution in [2.24, 2.45) is 0 Å². The van der Waals surface area contributed by atoms with E-state index in [9.17, 15) is 9.00 Å². The number of nitrogens with one attached hydrogen (secondary N) is 1. The quantitative estimate of drug-likeness (QED) is 0.825. The normalized spacial score (nSPS) is 14.9. The molecule has 4 nitrogen and oxygen atoms in total. The molecule has 1 aromatic rings. The molecule has 2 unspecified atom stereocenters. The third kappa shape index (κ3) is 3.57. The fraction of sp³-hybridized carbons (Fsp3) is 0.462. The van der Waals surface area contributed by atoms with Crippen molar-refractivity contribution in [1.82, 2.24) is 0 Å². The summed E-state index contributed by atoms with van der Waals surface area (Å²) >= 11 is 0. The Morgan fingerprint density at radius 3 is 2.39 bits per heavy atom. The van der Waals surface area contributed by atoms with E-state index in [1.807, 2.05) is 20.8 Å². The van der Waals surface area contributed by atoms with E-state index < -0.39 is 20.8 Å². The van der Waals surface area contributed by atoms with Gasteiger partial charge in [-0.3, -0.25) is 9.00 Å². The first kappa shape index (κ1) is 14.7. The Kier molecular flexibility index (Phi) is 4.51. The molecule has 0 aliphatic rings. The average molecular weight is 268 g/mol. The molecule has 0 aliphatic heterocycles. The summed E-state index contributed by atoms with van der Waals surface area (Å²) in [5.41, 5.74) is 6.80. The molecule has 0 fully saturated rings. The largest absolute Gasteiger partial charge is 0.397 e. The molecule has 0 bridgehead atoms. The van der Waals surface area contributed by atoms with Crippen LogP contribution in [0.25, 0.3) is 0 Å². The van der Waals surface area contributed by atoms with Crippen LogP contribution < -0.4 is 11.1 Å². The lowest BCUT2D eigenvalue weighted by Gasteiger charge is -2.22. The van der Waals surface area contributed by atoms with E-state index in [1.165, 1.54) is 0 Å². The highest BCUT2D eigenvalue weighted by Gasteiger charge is 2.29. The second kappa shape index (κ2) is 5.52. The van der Waals surface area contributed by atoms with Crippen LogP contribution in [0.5, 0.6) is 0 Å². The molecule has 0 heterocycles. The van der Waals surface area contributed by atoms with Crippen molar-refractivity contribution in [1.29, 1.82) is 0 Å². The summed E-state index contributed by atoms with van der Waals surface area (Å²) in [5, 5.41) is 2.13. The number of anilines is 2. The molecule has 0 radical (unpaired) electrons. The van der Waals surface area contributed by atoms with Crippen LogP contribution in [0.15, 0.2) is 24.3 Å². The second-order valence-corrected chi connectivity index (χ2v) is 7.66. The van der Waals surface area contributed by atoms with Crippen molar-refractivity contribution in [3.63, 3.8) is 0 Å². The standard InChI is InChI=1S/C13H20N2O2S/c1-9(18(17)13(2,3)4)12(16)15-11-8-6-5-7-10(11)14/h5-9H,14H2,1-4H3,(H,15,16). The molecule has 1 aromatic carbocycles. The SMILES string of the molecule is CC(C(=O)Nc1ccccc1N)S(=O)C(C)(C)C. The van der Waals surface area contributed by atoms with Crippen LogP contribution >= 0.6 is 0 Å². The minimum atomic E-state index is -1.25. The van der Waals surface area contributed by atoms with Crippen molar-refractivity contribution in [2.45, 2.75) is 37.7 Å². The monoisotopic (exact) mass is 268 g/mol. The summed E-state index contributed by atoms with van der Waals surface area (Å²) in [6.45, 7) is 7.22. The molecule has 0 saturated carbocycles. The van der Waals surface area contributed by atoms with Crippen molar-refractivity contribution in [3.05, 3.63) is 24.3 Å². The number of nitrogen functional groups attached to an aromatic ring is 1. The predicted octanol–water partition coefficient (Wildman–Crippen LogP) is 2.14. The Hall–Kier alpha value is -1.36. The van der Waals surface area contributed by atoms with Gasteiger partial charge in [0.1, 0.15) is 5.25 Å². The minimum Gasteiger partial charge on any atom is -0.397 e. The molecule has 18 heavy (non-hydrogen) atoms. The maximum atomic E-state index is 12.1. The van der Waals surface area contributed by atoms with Crippen molar-refractivity contribution < 1.29 is 9.00 Å². The fourth-order valence-electron chi connectivity index (χ4n) is 1.47. The van der Waals surface area contributed by atoms with Crippen molar-refractivity contribution >= 4 is 28.1 Å². The lowest BCUT2D eigenvalue weighted by Crippen LogP contribution is -2.37. The highest BCUT2D eigenvalue weighted by molar-refractivity contribution is 7.87. The third-order valence-corrected chi connectivity index (χ3v) is 4.58. The van der Waals surface area contributed by atoms with Crippen LogP contribution in [0.2, 0.25) is 0 Å². The number of para-hydroxylation sites is 2. The lowest BCUT2D eigenvalue weighted by molar-refractivity contribution is -0.115. The van der Waals surface area contributed by atoms with Crippen LogP contribution in [0, 0.1) is 0 Å². The molecule has 0 aliphatic carbocycles. The first-order chi connectivity index (χ1) is 8.23. The second-order valence-electron chi connectivity index (χ2n) is 5.13. The number of hydrogen-bond donors (Lipinski definition) is 2. The van der Waals surface area contributed by atoms with Gasteiger partial charge in [0.2, 0.25) is 5.91 Å². The van der Waals surface area contributed by atoms with E-state index >= 15 is 0 Å². The zero-order valence-corrected chi connectivity index (χ0v) is 12.0. The average Bonchev–Trinajstić information content (AvgIpc) is 2.29. The molecule has 5 heteroatoms. The topological polar surface area (TPSA) is 72.2 Å². The Morgan fingerprint density at radius 1 is 1.33 bits per heavy atom. The molecular formula is C13H20N2O2S. The van der Waals surface area contributed by atoms with Gasteiger partial charge in [-0.05, 0) is 39.8 Å². The Balaban J connectivity index is 2.78. The van der Waals surface area contributed by atoms with Gasteiger partial charge in [-0.1, -0.05) is 12.1 Å². The van der Waals surface area contributed by atoms with E-state index in [0.717, 1.165) is 0 Å². The van der Waals surface area contributed by atoms with Gasteiger partial charge in [-0.15, -0.1) is 0 Å². The summed E-state index contributed by atoms with van der Waals surface area (Å²) in [7, 11) is -1.25. The number of carbonyl (C=O) groups is 1. The zero-order valence-electron chi connectivity index (χ0n) is 11.2. The lowest BCUT2D eigenvalue weighted by atomic mass is 10.2. The maximum Gasteiger partial charge on any atom is 0.239 e. The molecule has 100 valence electrons. The summed E-state index contributed by atoms with van der Waals surface area (Å²) in [5.74, 6) is -0.277. The van der Waals surface area contributed by atoms with Gasteiger partial charge in [0, 0.05) is 15.5 Å². The molecule has 3 N–H and O–H groups in total. The van der Waals surface area contributed by atoms with E-state index in [4.69, 9.17) is 5.73 Å². The summed E-state index contributed by atoms with van der Waals surface area (Å²) in [4.78, 5) is 12.0. The number of nitrogens with two attached hydrogens (primary N) is 1. The first-order valence-electron chi connectivity index (χ1n) is 5.79. The van der Waals surface area contributed by atoms with Gasteiger partial charge in [0.25, 0.3) is 0 Å². The van der Waals surface area contributed by atoms with Crippen LogP contribution in [0.1, 0.15) is 27.7 Å². The van der Waals surface area contributed by atoms with Gasteiger partial charge >= 0.3 is 0 Å². The van der Waals surface area contributed by atoms with Gasteiger partial charge in [-0.2, -0.15) is 0 Å². The highest BCUT2D eigenvalue weighted by atomic mass is 32.2. The summed E-state index contributed by atoms with van der Waals surface area (Å²) in [6, 6.07) is 7.01. The van der Waals surface area contributed by atoms with E-state index in [0.29, 0.717) is 11.4 Å². The number of rotatable bonds is 3. The van der Waals surface area contributed by atoms with E-state index in [2.05, 4.69) is 5.32 Å². The zero-order chi connectivity index (χ0) is 13.9. The van der Waals surface area contributed by atoms with Crippen LogP contribution in [0.3, 0.4) is 0 Å². The smallest absolute Gasteiger partial charge is 0.239 e. The number of amides is 1. The predicted molar refractivity (Wildman–Crippen MR) is 76.8 cm³/mol. The van der Waals surface area contributed by atoms with Gasteiger partial charge in [0.05, 0.1) is 11.4 Å². The molecule has 0 saturated heterocycles. The van der Waals surface area contributed by atoms with Gasteiger partial charge in [-0.25, -0.2) is 0 Å². The third-order valence-electron chi connectivity index (χ3n) is 2.51. The number of carbonyl (C=O) groups excluding carboxylic acids is 1. The van der Waals surface area contributed by atoms with Crippen LogP contribution in [-0.2, 0) is 15.6 Å². The van der Waals surface area contributed by atoms with E-state index in [1.54, 1.807) is 31.2 Å².